The van der Waals surface area contributed by atoms with Crippen LogP contribution >= 0.6 is 0 Å². The largest absolute Gasteiger partial charge is 0.361 e. The number of hydrogen-bond donors (Lipinski definition) is 1. The Bertz CT molecular complexity index is 304. The Labute approximate surface area is 72.1 Å². The van der Waals surface area contributed by atoms with E-state index in [2.05, 4.69) is 5.32 Å². The average Bonchev–Trinajstić information content (AvgIpc) is 2.09. The summed E-state index contributed by atoms with van der Waals surface area (Å²) < 4.78 is 0. The van der Waals surface area contributed by atoms with Crippen LogP contribution in [0, 0.1) is 18.3 Å². The molecule has 2 heteroatoms. The molecule has 2 nitrogen and oxygen atoms in total. The van der Waals surface area contributed by atoms with E-state index in [9.17, 15) is 0 Å². The third-order valence-corrected chi connectivity index (χ3v) is 1.46. The number of nitrogens with one attached hydrogen (secondary N) is 1. The third-order valence-electron chi connectivity index (χ3n) is 1.46. The molecule has 0 spiro atoms. The minimum absolute atomic E-state index is 0.993. The summed E-state index contributed by atoms with van der Waals surface area (Å²) in [5.41, 5.74) is 2.22. The molecule has 0 saturated carbocycles. The van der Waals surface area contributed by atoms with Gasteiger partial charge in [-0.2, -0.15) is 5.26 Å². The lowest BCUT2D eigenvalue weighted by atomic mass is 10.2. The van der Waals surface area contributed by atoms with Crippen LogP contribution in [0.4, 0.5) is 5.69 Å². The fourth-order valence-corrected chi connectivity index (χ4v) is 0.825. The normalized spacial score (nSPS) is 9.67. The molecule has 60 valence electrons. The predicted octanol–water partition coefficient (Wildman–Crippen LogP) is 2.44. The van der Waals surface area contributed by atoms with Crippen LogP contribution in [0.1, 0.15) is 5.56 Å². The minimum atomic E-state index is 0.993. The van der Waals surface area contributed by atoms with E-state index >= 15 is 0 Å². The van der Waals surface area contributed by atoms with Gasteiger partial charge < -0.3 is 5.32 Å². The number of hydrogen-bond acceptors (Lipinski definition) is 2. The molecule has 0 fully saturated rings. The second kappa shape index (κ2) is 4.20. The van der Waals surface area contributed by atoms with Crippen molar-refractivity contribution in [3.8, 4) is 6.07 Å². The fourth-order valence-electron chi connectivity index (χ4n) is 0.825. The van der Waals surface area contributed by atoms with E-state index in [1.54, 1.807) is 6.20 Å². The smallest absolute Gasteiger partial charge is 0.0927 e. The van der Waals surface area contributed by atoms with Gasteiger partial charge in [0.25, 0.3) is 0 Å². The maximum Gasteiger partial charge on any atom is 0.0927 e. The van der Waals surface area contributed by atoms with Crippen molar-refractivity contribution in [3.05, 3.63) is 42.1 Å². The van der Waals surface area contributed by atoms with Gasteiger partial charge in [0.2, 0.25) is 0 Å². The molecule has 1 N–H and O–H groups in total. The van der Waals surface area contributed by atoms with Gasteiger partial charge in [-0.1, -0.05) is 17.7 Å². The van der Waals surface area contributed by atoms with E-state index in [1.807, 2.05) is 37.3 Å². The van der Waals surface area contributed by atoms with Gasteiger partial charge in [-0.25, -0.2) is 0 Å². The quantitative estimate of drug-likeness (QED) is 0.671. The first-order chi connectivity index (χ1) is 5.83. The SMILES string of the molecule is Cc1ccc(NC=CC#N)cc1. The number of nitrogens with zero attached hydrogens (tertiary/aromatic N) is 1. The molecular formula is C10H10N2. The first kappa shape index (κ1) is 8.35. The highest BCUT2D eigenvalue weighted by atomic mass is 14.8. The number of allylic oxidation sites excluding steroid dienone is 1. The first-order valence-electron chi connectivity index (χ1n) is 3.71. The number of aryl methyl sites for hydroxylation is 1. The van der Waals surface area contributed by atoms with E-state index in [0.717, 1.165) is 5.69 Å². The summed E-state index contributed by atoms with van der Waals surface area (Å²) in [4.78, 5) is 0. The van der Waals surface area contributed by atoms with Gasteiger partial charge in [0, 0.05) is 18.0 Å². The molecule has 0 aliphatic rings. The first-order valence-corrected chi connectivity index (χ1v) is 3.71. The van der Waals surface area contributed by atoms with E-state index in [-0.39, 0.29) is 0 Å². The summed E-state index contributed by atoms with van der Waals surface area (Å²) in [5, 5.41) is 11.2. The van der Waals surface area contributed by atoms with Crippen LogP contribution in [0.5, 0.6) is 0 Å². The topological polar surface area (TPSA) is 35.8 Å². The summed E-state index contributed by atoms with van der Waals surface area (Å²) in [6.45, 7) is 2.04. The van der Waals surface area contributed by atoms with Crippen molar-refractivity contribution >= 4 is 5.69 Å². The highest BCUT2D eigenvalue weighted by Gasteiger charge is 1.85. The van der Waals surface area contributed by atoms with Crippen LogP contribution in [0.25, 0.3) is 0 Å². The Morgan fingerprint density at radius 1 is 1.33 bits per heavy atom. The molecule has 1 aromatic rings. The molecule has 0 saturated heterocycles. The van der Waals surface area contributed by atoms with Crippen molar-refractivity contribution < 1.29 is 0 Å². The lowest BCUT2D eigenvalue weighted by Gasteiger charge is -1.98. The Kier molecular flexibility index (Phi) is 2.92. The summed E-state index contributed by atoms with van der Waals surface area (Å²) >= 11 is 0. The molecule has 0 aromatic heterocycles. The molecule has 1 aromatic carbocycles. The van der Waals surface area contributed by atoms with Crippen LogP contribution < -0.4 is 5.32 Å². The van der Waals surface area contributed by atoms with Gasteiger partial charge in [0.1, 0.15) is 0 Å². The molecule has 1 rings (SSSR count). The maximum atomic E-state index is 8.21. The highest BCUT2D eigenvalue weighted by molar-refractivity contribution is 5.46. The molecule has 0 unspecified atom stereocenters. The molecule has 0 radical (unpaired) electrons. The molecule has 0 heterocycles. The van der Waals surface area contributed by atoms with E-state index in [0.29, 0.717) is 0 Å². The fraction of sp³-hybridized carbons (Fsp3) is 0.100. The van der Waals surface area contributed by atoms with Gasteiger partial charge >= 0.3 is 0 Å². The van der Waals surface area contributed by atoms with Gasteiger partial charge in [-0.3, -0.25) is 0 Å². The van der Waals surface area contributed by atoms with Crippen LogP contribution in [-0.4, -0.2) is 0 Å². The monoisotopic (exact) mass is 158 g/mol. The van der Waals surface area contributed by atoms with Crippen molar-refractivity contribution in [3.63, 3.8) is 0 Å². The van der Waals surface area contributed by atoms with Crippen molar-refractivity contribution in [1.82, 2.24) is 0 Å². The van der Waals surface area contributed by atoms with Crippen LogP contribution in [0.15, 0.2) is 36.5 Å². The standard InChI is InChI=1S/C10H10N2/c1-9-3-5-10(6-4-9)12-8-2-7-11/h2-6,8,12H,1H3. The summed E-state index contributed by atoms with van der Waals surface area (Å²) in [6, 6.07) is 9.88. The zero-order valence-corrected chi connectivity index (χ0v) is 6.91. The van der Waals surface area contributed by atoms with Crippen LogP contribution in [-0.2, 0) is 0 Å². The molecule has 0 atom stereocenters. The zero-order valence-electron chi connectivity index (χ0n) is 6.91. The lowest BCUT2D eigenvalue weighted by molar-refractivity contribution is 1.46. The Balaban J connectivity index is 2.60. The average molecular weight is 158 g/mol. The number of benzene rings is 1. The molecule has 0 aliphatic heterocycles. The number of anilines is 1. The van der Waals surface area contributed by atoms with Gasteiger partial charge in [-0.05, 0) is 19.1 Å². The number of rotatable bonds is 2. The van der Waals surface area contributed by atoms with E-state index in [4.69, 9.17) is 5.26 Å². The molecule has 12 heavy (non-hydrogen) atoms. The Morgan fingerprint density at radius 3 is 2.58 bits per heavy atom. The Morgan fingerprint density at radius 2 is 2.00 bits per heavy atom. The van der Waals surface area contributed by atoms with Crippen molar-refractivity contribution in [2.24, 2.45) is 0 Å². The minimum Gasteiger partial charge on any atom is -0.361 e. The van der Waals surface area contributed by atoms with Crippen molar-refractivity contribution in [2.45, 2.75) is 6.92 Å². The van der Waals surface area contributed by atoms with Crippen LogP contribution in [0.3, 0.4) is 0 Å². The molecular weight excluding hydrogens is 148 g/mol. The molecule has 0 bridgehead atoms. The van der Waals surface area contributed by atoms with Crippen molar-refractivity contribution in [1.29, 1.82) is 5.26 Å². The second-order valence-corrected chi connectivity index (χ2v) is 2.47. The summed E-state index contributed by atoms with van der Waals surface area (Å²) in [7, 11) is 0. The Hall–Kier alpha value is -1.75. The number of nitriles is 1. The van der Waals surface area contributed by atoms with Gasteiger partial charge in [0.15, 0.2) is 0 Å². The zero-order chi connectivity index (χ0) is 8.81. The lowest BCUT2D eigenvalue weighted by Crippen LogP contribution is -1.85. The van der Waals surface area contributed by atoms with Crippen LogP contribution in [0.2, 0.25) is 0 Å². The van der Waals surface area contributed by atoms with E-state index in [1.165, 1.54) is 11.6 Å². The summed E-state index contributed by atoms with van der Waals surface area (Å²) in [5.74, 6) is 0. The highest BCUT2D eigenvalue weighted by Crippen LogP contribution is 2.07. The van der Waals surface area contributed by atoms with Crippen molar-refractivity contribution in [2.75, 3.05) is 5.32 Å². The maximum absolute atomic E-state index is 8.21. The van der Waals surface area contributed by atoms with Gasteiger partial charge in [0.05, 0.1) is 6.07 Å². The second-order valence-electron chi connectivity index (χ2n) is 2.47. The predicted molar refractivity (Wildman–Crippen MR) is 49.6 cm³/mol. The summed E-state index contributed by atoms with van der Waals surface area (Å²) in [6.07, 6.45) is 3.02. The third kappa shape index (κ3) is 2.47. The van der Waals surface area contributed by atoms with Gasteiger partial charge in [-0.15, -0.1) is 0 Å². The molecule has 0 aliphatic carbocycles. The van der Waals surface area contributed by atoms with E-state index < -0.39 is 0 Å². The molecule has 0 amide bonds.